The molecule has 2 aliphatic rings. The summed E-state index contributed by atoms with van der Waals surface area (Å²) in [5, 5.41) is 9.71. The number of hydrogen-bond donors (Lipinski definition) is 0. The number of nitriles is 1. The summed E-state index contributed by atoms with van der Waals surface area (Å²) >= 11 is 0. The highest BCUT2D eigenvalue weighted by Gasteiger charge is 2.52. The van der Waals surface area contributed by atoms with Gasteiger partial charge >= 0.3 is 0 Å². The van der Waals surface area contributed by atoms with Gasteiger partial charge in [0.05, 0.1) is 59.5 Å². The largest absolute Gasteiger partial charge is 0.497 e. The first kappa shape index (κ1) is 54.4. The Bertz CT molecular complexity index is 2790. The van der Waals surface area contributed by atoms with Crippen LogP contribution < -0.4 is 14.2 Å². The Balaban J connectivity index is 1.26. The molecule has 17 heteroatoms. The average Bonchev–Trinajstić information content (AvgIpc) is 4.13. The van der Waals surface area contributed by atoms with Crippen LogP contribution in [-0.2, 0) is 41.0 Å². The first-order valence-electron chi connectivity index (χ1n) is 25.3. The van der Waals surface area contributed by atoms with Crippen molar-refractivity contribution in [2.45, 2.75) is 121 Å². The molecule has 0 saturated carbocycles. The Labute approximate surface area is 438 Å². The maximum atomic E-state index is 9.71. The van der Waals surface area contributed by atoms with E-state index in [1.807, 2.05) is 83.6 Å². The van der Waals surface area contributed by atoms with Crippen molar-refractivity contribution >= 4 is 34.0 Å². The zero-order valence-corrected chi connectivity index (χ0v) is 46.1. The fourth-order valence-corrected chi connectivity index (χ4v) is 11.9. The standard InChI is InChI=1S/C57H70N7O8PSi/c1-40(2)64(41(3)4)73(70-33-15-31-58)72-51-49(37-69-57(44-16-12-11-13-17-44,45-22-26-47(65-6)27-23-45)46-24-28-48(66-7)29-25-46)71-55(52(51)68-36-42-18-20-43(21-19-42)56(5)30-14-32-62-56)63-39-61-50-53(63)59-38-60-54(50)67-34-35-74(8,9)10/h11-14,16-30,32,38-41,49,51-52,55H,15,33-37H2,1-10H3/t49-,51-,52-,55-,56?,73?/m1/s1. The zero-order valence-electron chi connectivity index (χ0n) is 44.3. The van der Waals surface area contributed by atoms with Gasteiger partial charge in [-0.15, -0.1) is 0 Å². The van der Waals surface area contributed by atoms with E-state index in [1.54, 1.807) is 20.5 Å². The van der Waals surface area contributed by atoms with Crippen LogP contribution >= 0.6 is 8.53 Å². The molecule has 6 aromatic rings. The van der Waals surface area contributed by atoms with E-state index < -0.39 is 52.3 Å². The lowest BCUT2D eigenvalue weighted by Crippen LogP contribution is -2.43. The second kappa shape index (κ2) is 24.2. The molecule has 4 heterocycles. The van der Waals surface area contributed by atoms with Gasteiger partial charge in [0, 0.05) is 26.4 Å². The predicted molar refractivity (Wildman–Crippen MR) is 291 cm³/mol. The summed E-state index contributed by atoms with van der Waals surface area (Å²) in [6.07, 6.45) is 6.02. The number of aliphatic imine (C=N–C) groups is 1. The molecule has 2 aromatic heterocycles. The third kappa shape index (κ3) is 12.3. The lowest BCUT2D eigenvalue weighted by atomic mass is 9.80. The fraction of sp³-hybridized carbons (Fsp3) is 0.421. The van der Waals surface area contributed by atoms with Crippen LogP contribution in [-0.4, -0.2) is 103 Å². The number of rotatable bonds is 25. The van der Waals surface area contributed by atoms with Gasteiger partial charge < -0.3 is 37.5 Å². The topological polar surface area (TPSA) is 157 Å². The molecule has 1 saturated heterocycles. The number of aromatic nitrogens is 4. The monoisotopic (exact) mass is 1040 g/mol. The van der Waals surface area contributed by atoms with Crippen molar-refractivity contribution in [2.75, 3.05) is 34.0 Å². The van der Waals surface area contributed by atoms with Crippen LogP contribution in [0.4, 0.5) is 0 Å². The van der Waals surface area contributed by atoms with Gasteiger partial charge in [-0.2, -0.15) is 10.2 Å². The number of imidazole rings is 1. The minimum absolute atomic E-state index is 0.00663. The molecule has 4 aromatic carbocycles. The van der Waals surface area contributed by atoms with Gasteiger partial charge in [0.15, 0.2) is 17.4 Å². The molecular formula is C57H70N7O8PSi. The highest BCUT2D eigenvalue weighted by Crippen LogP contribution is 2.52. The smallest absolute Gasteiger partial charge is 0.259 e. The maximum absolute atomic E-state index is 9.71. The van der Waals surface area contributed by atoms with Crippen molar-refractivity contribution in [1.82, 2.24) is 24.2 Å². The number of allylic oxidation sites excluding steroid dienone is 1. The lowest BCUT2D eigenvalue weighted by Gasteiger charge is -2.39. The number of fused-ring (bicyclic) bond motifs is 1. The second-order valence-corrected chi connectivity index (χ2v) is 27.4. The first-order valence-corrected chi connectivity index (χ1v) is 30.1. The van der Waals surface area contributed by atoms with Crippen molar-refractivity contribution in [3.8, 4) is 23.4 Å². The van der Waals surface area contributed by atoms with Crippen molar-refractivity contribution in [2.24, 2.45) is 4.99 Å². The summed E-state index contributed by atoms with van der Waals surface area (Å²) in [6, 6.07) is 37.6. The van der Waals surface area contributed by atoms with E-state index in [0.717, 1.165) is 33.9 Å². The Kier molecular flexibility index (Phi) is 17.8. The van der Waals surface area contributed by atoms with Crippen LogP contribution in [0.3, 0.4) is 0 Å². The van der Waals surface area contributed by atoms with E-state index in [0.29, 0.717) is 35.1 Å². The molecule has 2 aliphatic heterocycles. The Morgan fingerprint density at radius 2 is 1.47 bits per heavy atom. The van der Waals surface area contributed by atoms with E-state index >= 15 is 0 Å². The number of benzene rings is 4. The van der Waals surface area contributed by atoms with E-state index in [9.17, 15) is 5.26 Å². The van der Waals surface area contributed by atoms with Gasteiger partial charge in [0.2, 0.25) is 5.88 Å². The number of hydrogen-bond acceptors (Lipinski definition) is 14. The fourth-order valence-electron chi connectivity index (χ4n) is 9.40. The third-order valence-electron chi connectivity index (χ3n) is 13.3. The molecular weight excluding hydrogens is 970 g/mol. The van der Waals surface area contributed by atoms with Crippen LogP contribution in [0.2, 0.25) is 25.7 Å². The van der Waals surface area contributed by atoms with Crippen LogP contribution in [0.25, 0.3) is 11.2 Å². The van der Waals surface area contributed by atoms with E-state index in [2.05, 4.69) is 112 Å². The van der Waals surface area contributed by atoms with Gasteiger partial charge in [0.1, 0.15) is 47.3 Å². The minimum Gasteiger partial charge on any atom is -0.497 e. The highest BCUT2D eigenvalue weighted by molar-refractivity contribution is 7.44. The molecule has 15 nitrogen and oxygen atoms in total. The predicted octanol–water partition coefficient (Wildman–Crippen LogP) is 11.6. The van der Waals surface area contributed by atoms with Crippen molar-refractivity contribution in [1.29, 1.82) is 5.26 Å². The molecule has 74 heavy (non-hydrogen) atoms. The summed E-state index contributed by atoms with van der Waals surface area (Å²) in [5.41, 5.74) is 4.00. The quantitative estimate of drug-likeness (QED) is 0.0231. The Hall–Kier alpha value is -5.86. The summed E-state index contributed by atoms with van der Waals surface area (Å²) in [4.78, 5) is 18.9. The van der Waals surface area contributed by atoms with Crippen molar-refractivity contribution < 1.29 is 37.5 Å². The molecule has 0 aliphatic carbocycles. The molecule has 0 radical (unpaired) electrons. The Morgan fingerprint density at radius 1 is 0.824 bits per heavy atom. The molecule has 2 unspecified atom stereocenters. The molecule has 6 atom stereocenters. The number of methoxy groups -OCH3 is 2. The van der Waals surface area contributed by atoms with Crippen molar-refractivity contribution in [3.63, 3.8) is 0 Å². The van der Waals surface area contributed by atoms with Gasteiger partial charge in [-0.1, -0.05) is 105 Å². The van der Waals surface area contributed by atoms with E-state index in [-0.39, 0.29) is 38.3 Å². The van der Waals surface area contributed by atoms with E-state index in [4.69, 9.17) is 52.4 Å². The normalized spacial score (nSPS) is 20.2. The van der Waals surface area contributed by atoms with E-state index in [1.165, 1.54) is 6.33 Å². The van der Waals surface area contributed by atoms with Gasteiger partial charge in [-0.05, 0) is 98.8 Å². The first-order chi connectivity index (χ1) is 35.7. The maximum Gasteiger partial charge on any atom is 0.259 e. The average molecular weight is 1040 g/mol. The van der Waals surface area contributed by atoms with Gasteiger partial charge in [0.25, 0.3) is 8.53 Å². The highest BCUT2D eigenvalue weighted by atomic mass is 31.2. The van der Waals surface area contributed by atoms with Crippen LogP contribution in [0, 0.1) is 11.3 Å². The molecule has 1 fully saturated rings. The van der Waals surface area contributed by atoms with Crippen LogP contribution in [0.15, 0.2) is 133 Å². The number of ether oxygens (including phenoxy) is 6. The molecule has 0 N–H and O–H groups in total. The van der Waals surface area contributed by atoms with Crippen LogP contribution in [0.1, 0.15) is 75.1 Å². The molecule has 0 amide bonds. The summed E-state index contributed by atoms with van der Waals surface area (Å²) < 4.78 is 57.9. The Morgan fingerprint density at radius 3 is 2.05 bits per heavy atom. The van der Waals surface area contributed by atoms with Gasteiger partial charge in [-0.3, -0.25) is 9.56 Å². The molecule has 0 spiro atoms. The summed E-state index contributed by atoms with van der Waals surface area (Å²) in [5.74, 6) is 1.81. The molecule has 390 valence electrons. The second-order valence-electron chi connectivity index (χ2n) is 20.4. The van der Waals surface area contributed by atoms with Crippen LogP contribution in [0.5, 0.6) is 17.4 Å². The zero-order chi connectivity index (χ0) is 52.5. The summed E-state index contributed by atoms with van der Waals surface area (Å²) in [7, 11) is 0.0672. The molecule has 0 bridgehead atoms. The van der Waals surface area contributed by atoms with Crippen molar-refractivity contribution in [3.05, 3.63) is 156 Å². The minimum atomic E-state index is -1.82. The third-order valence-corrected chi connectivity index (χ3v) is 17.2. The lowest BCUT2D eigenvalue weighted by molar-refractivity contribution is -0.0963. The summed E-state index contributed by atoms with van der Waals surface area (Å²) in [6.45, 7) is 18.4. The SMILES string of the molecule is COc1ccc(C(OC[C@H]2O[C@@H](n3cnc4c(OCC[Si](C)(C)C)ncnc43)[C@H](OCc3ccc(C4(C)C=CC=N4)cc3)[C@@H]2OP(OCCC#N)N(C(C)C)C(C)C)(c2ccccc2)c2ccc(OC)cc2)cc1. The number of nitrogens with zero attached hydrogens (tertiary/aromatic N) is 7. The molecule has 8 rings (SSSR count). The van der Waals surface area contributed by atoms with Gasteiger partial charge in [-0.25, -0.2) is 14.6 Å².